The molecule has 0 aliphatic carbocycles. The van der Waals surface area contributed by atoms with Crippen LogP contribution in [0.3, 0.4) is 0 Å². The molecular weight excluding hydrogens is 230 g/mol. The molecule has 0 aromatic carbocycles. The predicted molar refractivity (Wildman–Crippen MR) is 67.2 cm³/mol. The van der Waals surface area contributed by atoms with Crippen LogP contribution in [-0.4, -0.2) is 64.4 Å². The Bertz CT molecular complexity index is 443. The van der Waals surface area contributed by atoms with Gasteiger partial charge in [0.1, 0.15) is 0 Å². The summed E-state index contributed by atoms with van der Waals surface area (Å²) in [6.45, 7) is 4.32. The van der Waals surface area contributed by atoms with E-state index in [2.05, 4.69) is 10.4 Å². The number of carbonyl (C=O) groups is 1. The summed E-state index contributed by atoms with van der Waals surface area (Å²) < 4.78 is 1.80. The molecule has 2 aliphatic rings. The summed E-state index contributed by atoms with van der Waals surface area (Å²) in [4.78, 5) is 16.1. The molecule has 2 amide bonds. The Morgan fingerprint density at radius 2 is 2.44 bits per heavy atom. The lowest BCUT2D eigenvalue weighted by Crippen LogP contribution is -2.49. The van der Waals surface area contributed by atoms with Crippen molar-refractivity contribution in [3.8, 4) is 0 Å². The van der Waals surface area contributed by atoms with Crippen molar-refractivity contribution in [3.05, 3.63) is 18.0 Å². The molecule has 0 spiro atoms. The zero-order valence-corrected chi connectivity index (χ0v) is 10.7. The fourth-order valence-corrected chi connectivity index (χ4v) is 2.74. The van der Waals surface area contributed by atoms with Gasteiger partial charge < -0.3 is 15.1 Å². The summed E-state index contributed by atoms with van der Waals surface area (Å²) in [5.74, 6) is 0. The van der Waals surface area contributed by atoms with Gasteiger partial charge in [-0.05, 0) is 12.0 Å². The van der Waals surface area contributed by atoms with Crippen molar-refractivity contribution in [2.75, 3.05) is 32.7 Å². The number of amides is 2. The van der Waals surface area contributed by atoms with Gasteiger partial charge in [0.25, 0.3) is 0 Å². The third-order valence-corrected chi connectivity index (χ3v) is 3.73. The Balaban J connectivity index is 1.58. The van der Waals surface area contributed by atoms with Gasteiger partial charge in [0.15, 0.2) is 0 Å². The van der Waals surface area contributed by atoms with Crippen LogP contribution in [0.2, 0.25) is 0 Å². The third-order valence-electron chi connectivity index (χ3n) is 3.73. The molecule has 3 rings (SSSR count). The summed E-state index contributed by atoms with van der Waals surface area (Å²) in [5, 5.41) is 7.49. The van der Waals surface area contributed by atoms with Crippen LogP contribution in [0.4, 0.5) is 4.79 Å². The van der Waals surface area contributed by atoms with E-state index in [-0.39, 0.29) is 6.03 Å². The van der Waals surface area contributed by atoms with Crippen LogP contribution < -0.4 is 5.32 Å². The number of rotatable bonds is 3. The van der Waals surface area contributed by atoms with Crippen molar-refractivity contribution in [2.24, 2.45) is 7.05 Å². The maximum Gasteiger partial charge on any atom is 0.320 e. The van der Waals surface area contributed by atoms with Crippen LogP contribution in [0.5, 0.6) is 0 Å². The number of carbonyl (C=O) groups excluding carboxylic acids is 1. The molecule has 0 radical (unpaired) electrons. The number of hydrogen-bond donors (Lipinski definition) is 1. The first-order valence-corrected chi connectivity index (χ1v) is 6.48. The van der Waals surface area contributed by atoms with Crippen LogP contribution in [0.15, 0.2) is 12.4 Å². The Morgan fingerprint density at radius 3 is 3.17 bits per heavy atom. The van der Waals surface area contributed by atoms with Gasteiger partial charge in [-0.3, -0.25) is 4.68 Å². The summed E-state index contributed by atoms with van der Waals surface area (Å²) in [6, 6.07) is 0.561. The molecule has 2 fully saturated rings. The second kappa shape index (κ2) is 4.61. The van der Waals surface area contributed by atoms with Crippen molar-refractivity contribution in [1.29, 1.82) is 0 Å². The number of aromatic nitrogens is 2. The van der Waals surface area contributed by atoms with Crippen LogP contribution >= 0.6 is 0 Å². The van der Waals surface area contributed by atoms with Gasteiger partial charge in [0, 0.05) is 46.0 Å². The highest BCUT2D eigenvalue weighted by Crippen LogP contribution is 2.17. The highest BCUT2D eigenvalue weighted by Gasteiger charge is 2.37. The van der Waals surface area contributed by atoms with Crippen molar-refractivity contribution >= 4 is 6.03 Å². The van der Waals surface area contributed by atoms with Crippen LogP contribution in [0.1, 0.15) is 5.56 Å². The molecule has 1 N–H and O–H groups in total. The molecule has 1 unspecified atom stereocenters. The van der Waals surface area contributed by atoms with Gasteiger partial charge in [-0.1, -0.05) is 0 Å². The van der Waals surface area contributed by atoms with Gasteiger partial charge >= 0.3 is 6.03 Å². The van der Waals surface area contributed by atoms with Crippen LogP contribution in [0, 0.1) is 0 Å². The summed E-state index contributed by atoms with van der Waals surface area (Å²) in [6.07, 6.45) is 4.76. The van der Waals surface area contributed by atoms with Crippen molar-refractivity contribution in [2.45, 2.75) is 12.5 Å². The highest BCUT2D eigenvalue weighted by atomic mass is 16.2. The number of urea groups is 1. The molecule has 0 saturated carbocycles. The number of nitrogens with one attached hydrogen (secondary N) is 1. The van der Waals surface area contributed by atoms with E-state index in [0.717, 1.165) is 39.1 Å². The first kappa shape index (κ1) is 11.5. The van der Waals surface area contributed by atoms with Gasteiger partial charge in [-0.2, -0.15) is 5.10 Å². The zero-order valence-electron chi connectivity index (χ0n) is 10.7. The van der Waals surface area contributed by atoms with Gasteiger partial charge in [0.2, 0.25) is 0 Å². The molecule has 2 saturated heterocycles. The predicted octanol–water partition coefficient (Wildman–Crippen LogP) is -0.328. The number of nitrogens with zero attached hydrogens (tertiary/aromatic N) is 4. The molecule has 0 bridgehead atoms. The lowest BCUT2D eigenvalue weighted by molar-refractivity contribution is 0.179. The molecule has 1 atom stereocenters. The maximum absolute atomic E-state index is 12.2. The van der Waals surface area contributed by atoms with Crippen molar-refractivity contribution in [3.63, 3.8) is 0 Å². The summed E-state index contributed by atoms with van der Waals surface area (Å²) in [7, 11) is 1.91. The molecule has 1 aromatic heterocycles. The molecule has 98 valence electrons. The average Bonchev–Trinajstić information content (AvgIpc) is 2.92. The van der Waals surface area contributed by atoms with E-state index in [4.69, 9.17) is 0 Å². The Hall–Kier alpha value is -1.56. The molecule has 18 heavy (non-hydrogen) atoms. The number of fused-ring (bicyclic) bond motifs is 1. The molecule has 1 aromatic rings. The summed E-state index contributed by atoms with van der Waals surface area (Å²) >= 11 is 0. The van der Waals surface area contributed by atoms with Crippen molar-refractivity contribution < 1.29 is 4.79 Å². The normalized spacial score (nSPS) is 23.6. The van der Waals surface area contributed by atoms with Gasteiger partial charge in [0.05, 0.1) is 12.2 Å². The average molecular weight is 249 g/mol. The van der Waals surface area contributed by atoms with E-state index >= 15 is 0 Å². The van der Waals surface area contributed by atoms with Gasteiger partial charge in [-0.25, -0.2) is 4.79 Å². The lowest BCUT2D eigenvalue weighted by Gasteiger charge is -2.28. The molecular formula is C12H19N5O. The smallest absolute Gasteiger partial charge is 0.320 e. The quantitative estimate of drug-likeness (QED) is 0.798. The highest BCUT2D eigenvalue weighted by molar-refractivity contribution is 5.77. The fraction of sp³-hybridized carbons (Fsp3) is 0.667. The largest absolute Gasteiger partial charge is 0.322 e. The van der Waals surface area contributed by atoms with E-state index in [1.165, 1.54) is 5.56 Å². The van der Waals surface area contributed by atoms with Crippen molar-refractivity contribution in [1.82, 2.24) is 24.9 Å². The second-order valence-electron chi connectivity index (χ2n) is 5.05. The van der Waals surface area contributed by atoms with E-state index in [1.807, 2.05) is 29.2 Å². The Kier molecular flexibility index (Phi) is 2.95. The minimum atomic E-state index is 0.199. The molecule has 6 heteroatoms. The van der Waals surface area contributed by atoms with E-state index in [1.54, 1.807) is 4.68 Å². The number of piperazine rings is 1. The first-order chi connectivity index (χ1) is 8.74. The standard InChI is InChI=1S/C12H19N5O/c1-15-8-10(6-14-15)2-4-16-9-11-7-13-3-5-17(11)12(16)18/h6,8,11,13H,2-5,7,9H2,1H3. The maximum atomic E-state index is 12.2. The first-order valence-electron chi connectivity index (χ1n) is 6.48. The third kappa shape index (κ3) is 2.08. The molecule has 2 aliphatic heterocycles. The minimum Gasteiger partial charge on any atom is -0.322 e. The fourth-order valence-electron chi connectivity index (χ4n) is 2.74. The summed E-state index contributed by atoms with van der Waals surface area (Å²) in [5.41, 5.74) is 1.19. The minimum absolute atomic E-state index is 0.199. The topological polar surface area (TPSA) is 53.4 Å². The van der Waals surface area contributed by atoms with E-state index in [0.29, 0.717) is 6.04 Å². The SMILES string of the molecule is Cn1cc(CCN2CC3CNCCN3C2=O)cn1. The molecule has 3 heterocycles. The van der Waals surface area contributed by atoms with Gasteiger partial charge in [-0.15, -0.1) is 0 Å². The van der Waals surface area contributed by atoms with E-state index in [9.17, 15) is 4.79 Å². The Morgan fingerprint density at radius 1 is 1.56 bits per heavy atom. The van der Waals surface area contributed by atoms with Crippen LogP contribution in [0.25, 0.3) is 0 Å². The Labute approximate surface area is 107 Å². The zero-order chi connectivity index (χ0) is 12.5. The number of aryl methyl sites for hydroxylation is 1. The van der Waals surface area contributed by atoms with E-state index < -0.39 is 0 Å². The second-order valence-corrected chi connectivity index (χ2v) is 5.05. The lowest BCUT2D eigenvalue weighted by atomic mass is 10.2. The van der Waals surface area contributed by atoms with Crippen LogP contribution in [-0.2, 0) is 13.5 Å². The molecule has 6 nitrogen and oxygen atoms in total. The monoisotopic (exact) mass is 249 g/mol. The number of hydrogen-bond acceptors (Lipinski definition) is 3.